The fraction of sp³-hybridized carbons (Fsp3) is 0.125. The first-order valence-corrected chi connectivity index (χ1v) is 6.32. The largest absolute Gasteiger partial charge is 0.480 e. The molecule has 0 fully saturated rings. The molecule has 21 heavy (non-hydrogen) atoms. The molecule has 1 amide bonds. The summed E-state index contributed by atoms with van der Waals surface area (Å²) in [5.74, 6) is 0.625. The molecule has 1 aromatic heterocycles. The first-order valence-electron chi connectivity index (χ1n) is 6.32. The average Bonchev–Trinajstić information content (AvgIpc) is 3.01. The van der Waals surface area contributed by atoms with Gasteiger partial charge in [-0.05, 0) is 36.4 Å². The number of aromatic nitrogens is 1. The number of carboxylic acids is 1. The Hall–Kier alpha value is -3.00. The van der Waals surface area contributed by atoms with E-state index in [0.29, 0.717) is 5.56 Å². The van der Waals surface area contributed by atoms with E-state index in [0.717, 1.165) is 5.69 Å². The molecule has 1 aromatic carbocycles. The van der Waals surface area contributed by atoms with Gasteiger partial charge in [0.2, 0.25) is 0 Å². The highest BCUT2D eigenvalue weighted by molar-refractivity contribution is 5.96. The zero-order valence-corrected chi connectivity index (χ0v) is 11.2. The Morgan fingerprint density at radius 2 is 1.86 bits per heavy atom. The van der Waals surface area contributed by atoms with E-state index in [-0.39, 0.29) is 6.42 Å². The quantitative estimate of drug-likeness (QED) is 0.820. The second-order valence-electron chi connectivity index (χ2n) is 4.41. The van der Waals surface area contributed by atoms with Crippen molar-refractivity contribution in [1.29, 1.82) is 0 Å². The normalized spacial score (nSPS) is 11.4. The van der Waals surface area contributed by atoms with Crippen molar-refractivity contribution in [1.82, 2.24) is 9.88 Å². The highest BCUT2D eigenvalue weighted by Gasteiger charge is 2.19. The van der Waals surface area contributed by atoms with Gasteiger partial charge in [0.15, 0.2) is 0 Å². The van der Waals surface area contributed by atoms with Crippen LogP contribution in [0.3, 0.4) is 0 Å². The molecule has 0 aliphatic carbocycles. The van der Waals surface area contributed by atoms with Crippen LogP contribution < -0.4 is 5.32 Å². The van der Waals surface area contributed by atoms with Crippen molar-refractivity contribution in [2.75, 3.05) is 0 Å². The number of carboxylic acid groups (broad SMARTS) is 1. The van der Waals surface area contributed by atoms with Crippen molar-refractivity contribution in [3.63, 3.8) is 0 Å². The number of amides is 1. The Bertz CT molecular complexity index is 667. The lowest BCUT2D eigenvalue weighted by atomic mass is 10.1. The molecule has 5 heteroatoms. The lowest BCUT2D eigenvalue weighted by Crippen LogP contribution is -2.40. The Morgan fingerprint density at radius 3 is 2.38 bits per heavy atom. The maximum Gasteiger partial charge on any atom is 0.327 e. The molecule has 106 valence electrons. The van der Waals surface area contributed by atoms with Crippen LogP contribution in [0.2, 0.25) is 0 Å². The monoisotopic (exact) mass is 282 g/mol. The van der Waals surface area contributed by atoms with Crippen LogP contribution in [0.25, 0.3) is 5.69 Å². The van der Waals surface area contributed by atoms with E-state index in [4.69, 9.17) is 11.5 Å². The standard InChI is InChI=1S/C16H14N2O3/c1-2-5-14(16(20)21)17-15(19)12-6-8-13(9-7-12)18-10-3-4-11-18/h1,3-4,6-11,14H,5H2,(H,17,19)(H,20,21). The van der Waals surface area contributed by atoms with Crippen molar-refractivity contribution < 1.29 is 14.7 Å². The molecule has 1 atom stereocenters. The second kappa shape index (κ2) is 6.44. The Labute approximate surface area is 122 Å². The third kappa shape index (κ3) is 3.51. The van der Waals surface area contributed by atoms with Crippen molar-refractivity contribution in [3.8, 4) is 18.0 Å². The van der Waals surface area contributed by atoms with E-state index < -0.39 is 17.9 Å². The minimum atomic E-state index is -1.15. The Morgan fingerprint density at radius 1 is 1.24 bits per heavy atom. The van der Waals surface area contributed by atoms with Gasteiger partial charge in [0.05, 0.1) is 0 Å². The van der Waals surface area contributed by atoms with Crippen molar-refractivity contribution in [2.24, 2.45) is 0 Å². The molecule has 0 radical (unpaired) electrons. The molecule has 0 aliphatic heterocycles. The number of hydrogen-bond donors (Lipinski definition) is 2. The fourth-order valence-electron chi connectivity index (χ4n) is 1.85. The summed E-state index contributed by atoms with van der Waals surface area (Å²) in [6.45, 7) is 0. The fourth-order valence-corrected chi connectivity index (χ4v) is 1.85. The predicted molar refractivity (Wildman–Crippen MR) is 78.1 cm³/mol. The van der Waals surface area contributed by atoms with Gasteiger partial charge in [-0.1, -0.05) is 0 Å². The number of hydrogen-bond acceptors (Lipinski definition) is 2. The van der Waals surface area contributed by atoms with Gasteiger partial charge in [0.25, 0.3) is 5.91 Å². The molecule has 2 aromatic rings. The zero-order valence-electron chi connectivity index (χ0n) is 11.2. The number of carbonyl (C=O) groups is 2. The SMILES string of the molecule is C#CCC(NC(=O)c1ccc(-n2cccc2)cc1)C(=O)O. The van der Waals surface area contributed by atoms with Crippen molar-refractivity contribution in [3.05, 3.63) is 54.4 Å². The molecule has 0 saturated carbocycles. The van der Waals surface area contributed by atoms with E-state index in [9.17, 15) is 9.59 Å². The Balaban J connectivity index is 2.10. The van der Waals surface area contributed by atoms with Crippen LogP contribution in [-0.4, -0.2) is 27.6 Å². The summed E-state index contributed by atoms with van der Waals surface area (Å²) in [5, 5.41) is 11.4. The van der Waals surface area contributed by atoms with E-state index in [1.165, 1.54) is 0 Å². The van der Waals surface area contributed by atoms with Crippen LogP contribution in [0.15, 0.2) is 48.8 Å². The van der Waals surface area contributed by atoms with E-state index in [2.05, 4.69) is 11.2 Å². The number of aliphatic carboxylic acids is 1. The van der Waals surface area contributed by atoms with Gasteiger partial charge in [0, 0.05) is 30.1 Å². The first kappa shape index (κ1) is 14.4. The second-order valence-corrected chi connectivity index (χ2v) is 4.41. The smallest absolute Gasteiger partial charge is 0.327 e. The number of carbonyl (C=O) groups excluding carboxylic acids is 1. The third-order valence-electron chi connectivity index (χ3n) is 2.96. The lowest BCUT2D eigenvalue weighted by Gasteiger charge is -2.12. The molecule has 0 saturated heterocycles. The van der Waals surface area contributed by atoms with Crippen molar-refractivity contribution >= 4 is 11.9 Å². The molecule has 5 nitrogen and oxygen atoms in total. The highest BCUT2D eigenvalue weighted by Crippen LogP contribution is 2.10. The molecule has 0 aliphatic rings. The molecule has 0 bridgehead atoms. The maximum atomic E-state index is 12.0. The van der Waals surface area contributed by atoms with Gasteiger partial charge in [0.1, 0.15) is 6.04 Å². The summed E-state index contributed by atoms with van der Waals surface area (Å²) in [6.07, 6.45) is 8.82. The van der Waals surface area contributed by atoms with E-state index in [1.807, 2.05) is 29.1 Å². The van der Waals surface area contributed by atoms with Crippen LogP contribution >= 0.6 is 0 Å². The molecule has 2 rings (SSSR count). The number of nitrogens with zero attached hydrogens (tertiary/aromatic N) is 1. The van der Waals surface area contributed by atoms with E-state index in [1.54, 1.807) is 24.3 Å². The number of rotatable bonds is 5. The number of terminal acetylenes is 1. The van der Waals surface area contributed by atoms with Gasteiger partial charge < -0.3 is 15.0 Å². The Kier molecular flexibility index (Phi) is 4.42. The molecular weight excluding hydrogens is 268 g/mol. The van der Waals surface area contributed by atoms with Crippen LogP contribution in [0, 0.1) is 12.3 Å². The predicted octanol–water partition coefficient (Wildman–Crippen LogP) is 1.68. The van der Waals surface area contributed by atoms with Crippen LogP contribution in [0.1, 0.15) is 16.8 Å². The number of benzene rings is 1. The molecule has 1 unspecified atom stereocenters. The first-order chi connectivity index (χ1) is 10.1. The minimum absolute atomic E-state index is 0.0531. The third-order valence-corrected chi connectivity index (χ3v) is 2.96. The summed E-state index contributed by atoms with van der Waals surface area (Å²) >= 11 is 0. The summed E-state index contributed by atoms with van der Waals surface area (Å²) in [7, 11) is 0. The number of nitrogens with one attached hydrogen (secondary N) is 1. The highest BCUT2D eigenvalue weighted by atomic mass is 16.4. The van der Waals surface area contributed by atoms with Crippen molar-refractivity contribution in [2.45, 2.75) is 12.5 Å². The lowest BCUT2D eigenvalue weighted by molar-refractivity contribution is -0.139. The summed E-state index contributed by atoms with van der Waals surface area (Å²) < 4.78 is 1.90. The molecule has 0 spiro atoms. The average molecular weight is 282 g/mol. The van der Waals surface area contributed by atoms with Gasteiger partial charge in [-0.2, -0.15) is 0 Å². The molecule has 2 N–H and O–H groups in total. The van der Waals surface area contributed by atoms with E-state index >= 15 is 0 Å². The van der Waals surface area contributed by atoms with Gasteiger partial charge in [-0.15, -0.1) is 12.3 Å². The molecule has 1 heterocycles. The summed E-state index contributed by atoms with van der Waals surface area (Å²) in [5.41, 5.74) is 1.30. The van der Waals surface area contributed by atoms with Crippen LogP contribution in [-0.2, 0) is 4.79 Å². The molecular formula is C16H14N2O3. The minimum Gasteiger partial charge on any atom is -0.480 e. The van der Waals surface area contributed by atoms with Crippen LogP contribution in [0.4, 0.5) is 0 Å². The topological polar surface area (TPSA) is 71.3 Å². The summed E-state index contributed by atoms with van der Waals surface area (Å²) in [6, 6.07) is 9.57. The maximum absolute atomic E-state index is 12.0. The van der Waals surface area contributed by atoms with Gasteiger partial charge >= 0.3 is 5.97 Å². The zero-order chi connectivity index (χ0) is 15.2. The van der Waals surface area contributed by atoms with Crippen LogP contribution in [0.5, 0.6) is 0 Å². The van der Waals surface area contributed by atoms with Gasteiger partial charge in [-0.3, -0.25) is 4.79 Å². The summed E-state index contributed by atoms with van der Waals surface area (Å²) in [4.78, 5) is 22.9. The van der Waals surface area contributed by atoms with Gasteiger partial charge in [-0.25, -0.2) is 4.79 Å².